The molecule has 19 heavy (non-hydrogen) atoms. The van der Waals surface area contributed by atoms with Crippen molar-refractivity contribution in [2.75, 3.05) is 0 Å². The predicted octanol–water partition coefficient (Wildman–Crippen LogP) is 3.15. The Morgan fingerprint density at radius 1 is 1.21 bits per heavy atom. The summed E-state index contributed by atoms with van der Waals surface area (Å²) in [5, 5.41) is 3.15. The van der Waals surface area contributed by atoms with Crippen molar-refractivity contribution in [2.24, 2.45) is 0 Å². The van der Waals surface area contributed by atoms with Crippen molar-refractivity contribution in [1.82, 2.24) is 5.32 Å². The van der Waals surface area contributed by atoms with Crippen molar-refractivity contribution in [3.63, 3.8) is 0 Å². The third kappa shape index (κ3) is 2.84. The molecule has 1 aliphatic carbocycles. The normalized spacial score (nSPS) is 25.9. The lowest BCUT2D eigenvalue weighted by atomic mass is 9.95. The fourth-order valence-electron chi connectivity index (χ4n) is 2.81. The highest BCUT2D eigenvalue weighted by Crippen LogP contribution is 2.25. The van der Waals surface area contributed by atoms with Crippen LogP contribution in [0.2, 0.25) is 0 Å². The zero-order chi connectivity index (χ0) is 13.2. The summed E-state index contributed by atoms with van der Waals surface area (Å²) in [6, 6.07) is 6.12. The Kier molecular flexibility index (Phi) is 3.89. The smallest absolute Gasteiger partial charge is 0.251 e. The summed E-state index contributed by atoms with van der Waals surface area (Å²) in [4.78, 5) is 12.7. The first-order valence-corrected chi connectivity index (χ1v) is 7.80. The van der Waals surface area contributed by atoms with Gasteiger partial charge in [-0.2, -0.15) is 0 Å². The second-order valence-corrected chi connectivity index (χ2v) is 6.53. The molecular formula is C15H18BrNO2. The summed E-state index contributed by atoms with van der Waals surface area (Å²) in [7, 11) is 0. The average molecular weight is 324 g/mol. The first-order chi connectivity index (χ1) is 9.24. The molecule has 2 atom stereocenters. The third-order valence-corrected chi connectivity index (χ3v) is 5.08. The number of nitrogens with one attached hydrogen (secondary N) is 1. The number of carbonyl (C=O) groups excluding carboxylic acids is 1. The SMILES string of the molecule is O=C(NC1CCCCC1Br)c1ccc2c(c1)COC2. The molecular weight excluding hydrogens is 306 g/mol. The maximum Gasteiger partial charge on any atom is 0.251 e. The lowest BCUT2D eigenvalue weighted by molar-refractivity contribution is 0.0929. The van der Waals surface area contributed by atoms with Gasteiger partial charge in [-0.15, -0.1) is 0 Å². The zero-order valence-corrected chi connectivity index (χ0v) is 12.4. The van der Waals surface area contributed by atoms with Gasteiger partial charge >= 0.3 is 0 Å². The van der Waals surface area contributed by atoms with Gasteiger partial charge in [0.2, 0.25) is 0 Å². The first-order valence-electron chi connectivity index (χ1n) is 6.88. The standard InChI is InChI=1S/C15H18BrNO2/c16-13-3-1-2-4-14(13)17-15(18)10-5-6-11-8-19-9-12(11)7-10/h5-7,13-14H,1-4,8-9H2,(H,17,18). The molecule has 1 N–H and O–H groups in total. The molecule has 2 unspecified atom stereocenters. The molecule has 1 heterocycles. The summed E-state index contributed by atoms with van der Waals surface area (Å²) in [6.07, 6.45) is 4.65. The largest absolute Gasteiger partial charge is 0.372 e. The molecule has 0 spiro atoms. The topological polar surface area (TPSA) is 38.3 Å². The molecule has 2 aliphatic rings. The minimum Gasteiger partial charge on any atom is -0.372 e. The van der Waals surface area contributed by atoms with E-state index in [1.165, 1.54) is 18.4 Å². The number of hydrogen-bond donors (Lipinski definition) is 1. The van der Waals surface area contributed by atoms with Crippen LogP contribution in [0.3, 0.4) is 0 Å². The van der Waals surface area contributed by atoms with E-state index in [9.17, 15) is 4.79 Å². The van der Waals surface area contributed by atoms with Gasteiger partial charge in [0.25, 0.3) is 5.91 Å². The lowest BCUT2D eigenvalue weighted by Crippen LogP contribution is -2.42. The third-order valence-electron chi connectivity index (χ3n) is 3.98. The maximum absolute atomic E-state index is 12.3. The summed E-state index contributed by atoms with van der Waals surface area (Å²) in [5.74, 6) is 0.0334. The second kappa shape index (κ2) is 5.63. The second-order valence-electron chi connectivity index (χ2n) is 5.36. The Balaban J connectivity index is 1.70. The van der Waals surface area contributed by atoms with Crippen molar-refractivity contribution >= 4 is 21.8 Å². The molecule has 0 radical (unpaired) electrons. The fraction of sp³-hybridized carbons (Fsp3) is 0.533. The van der Waals surface area contributed by atoms with Gasteiger partial charge in [-0.05, 0) is 36.1 Å². The van der Waals surface area contributed by atoms with Crippen molar-refractivity contribution < 1.29 is 9.53 Å². The Bertz CT molecular complexity index is 489. The zero-order valence-electron chi connectivity index (χ0n) is 10.8. The monoisotopic (exact) mass is 323 g/mol. The number of rotatable bonds is 2. The highest BCUT2D eigenvalue weighted by Gasteiger charge is 2.25. The number of benzene rings is 1. The van der Waals surface area contributed by atoms with E-state index in [0.29, 0.717) is 18.0 Å². The summed E-state index contributed by atoms with van der Waals surface area (Å²) in [5.41, 5.74) is 3.09. The number of amides is 1. The van der Waals surface area contributed by atoms with Crippen LogP contribution in [0.5, 0.6) is 0 Å². The number of ether oxygens (including phenoxy) is 1. The quantitative estimate of drug-likeness (QED) is 0.849. The predicted molar refractivity (Wildman–Crippen MR) is 77.4 cm³/mol. The van der Waals surface area contributed by atoms with E-state index in [1.54, 1.807) is 0 Å². The van der Waals surface area contributed by atoms with Crippen molar-refractivity contribution in [1.29, 1.82) is 0 Å². The van der Waals surface area contributed by atoms with E-state index >= 15 is 0 Å². The molecule has 4 heteroatoms. The van der Waals surface area contributed by atoms with E-state index in [0.717, 1.165) is 24.0 Å². The van der Waals surface area contributed by atoms with Crippen LogP contribution in [0.4, 0.5) is 0 Å². The lowest BCUT2D eigenvalue weighted by Gasteiger charge is -2.28. The van der Waals surface area contributed by atoms with E-state index in [2.05, 4.69) is 21.2 Å². The molecule has 3 nitrogen and oxygen atoms in total. The Morgan fingerprint density at radius 3 is 2.84 bits per heavy atom. The number of halogens is 1. The van der Waals surface area contributed by atoms with Crippen molar-refractivity contribution in [2.45, 2.75) is 49.8 Å². The molecule has 0 bridgehead atoms. The molecule has 3 rings (SSSR count). The van der Waals surface area contributed by atoms with Gasteiger partial charge < -0.3 is 10.1 Å². The van der Waals surface area contributed by atoms with Gasteiger partial charge in [-0.3, -0.25) is 4.79 Å². The van der Waals surface area contributed by atoms with Gasteiger partial charge in [-0.1, -0.05) is 34.8 Å². The molecule has 1 aliphatic heterocycles. The first kappa shape index (κ1) is 13.1. The molecule has 0 saturated heterocycles. The fourth-order valence-corrected chi connectivity index (χ4v) is 3.53. The van der Waals surface area contributed by atoms with Gasteiger partial charge in [0, 0.05) is 16.4 Å². The Morgan fingerprint density at radius 2 is 2.00 bits per heavy atom. The van der Waals surface area contributed by atoms with Gasteiger partial charge in [0.1, 0.15) is 0 Å². The van der Waals surface area contributed by atoms with Crippen LogP contribution in [-0.4, -0.2) is 16.8 Å². The van der Waals surface area contributed by atoms with E-state index in [1.807, 2.05) is 18.2 Å². The molecule has 1 aromatic rings. The molecule has 1 saturated carbocycles. The summed E-state index contributed by atoms with van der Waals surface area (Å²) in [6.45, 7) is 1.30. The summed E-state index contributed by atoms with van der Waals surface area (Å²) < 4.78 is 5.38. The maximum atomic E-state index is 12.3. The molecule has 1 amide bonds. The number of alkyl halides is 1. The highest BCUT2D eigenvalue weighted by molar-refractivity contribution is 9.09. The van der Waals surface area contributed by atoms with Crippen molar-refractivity contribution in [3.05, 3.63) is 34.9 Å². The van der Waals surface area contributed by atoms with Crippen LogP contribution >= 0.6 is 15.9 Å². The number of fused-ring (bicyclic) bond motifs is 1. The molecule has 0 aromatic heterocycles. The van der Waals surface area contributed by atoms with Crippen LogP contribution in [-0.2, 0) is 18.0 Å². The average Bonchev–Trinajstić information content (AvgIpc) is 2.88. The van der Waals surface area contributed by atoms with Crippen LogP contribution in [0, 0.1) is 0 Å². The van der Waals surface area contributed by atoms with Gasteiger partial charge in [-0.25, -0.2) is 0 Å². The Labute approximate surface area is 121 Å². The van der Waals surface area contributed by atoms with Crippen LogP contribution < -0.4 is 5.32 Å². The minimum absolute atomic E-state index is 0.0334. The number of hydrogen-bond acceptors (Lipinski definition) is 2. The van der Waals surface area contributed by atoms with E-state index < -0.39 is 0 Å². The highest BCUT2D eigenvalue weighted by atomic mass is 79.9. The van der Waals surface area contributed by atoms with Crippen LogP contribution in [0.1, 0.15) is 47.2 Å². The van der Waals surface area contributed by atoms with Crippen LogP contribution in [0.15, 0.2) is 18.2 Å². The Hall–Kier alpha value is -0.870. The number of carbonyl (C=O) groups is 1. The van der Waals surface area contributed by atoms with E-state index in [-0.39, 0.29) is 11.9 Å². The van der Waals surface area contributed by atoms with Gasteiger partial charge in [0.15, 0.2) is 0 Å². The minimum atomic E-state index is 0.0334. The van der Waals surface area contributed by atoms with E-state index in [4.69, 9.17) is 4.74 Å². The molecule has 1 fully saturated rings. The van der Waals surface area contributed by atoms with Gasteiger partial charge in [0.05, 0.1) is 13.2 Å². The molecule has 102 valence electrons. The van der Waals surface area contributed by atoms with Crippen LogP contribution in [0.25, 0.3) is 0 Å². The molecule has 1 aromatic carbocycles. The summed E-state index contributed by atoms with van der Waals surface area (Å²) >= 11 is 3.67. The van der Waals surface area contributed by atoms with Crippen molar-refractivity contribution in [3.8, 4) is 0 Å².